The molecule has 1 aromatic carbocycles. The van der Waals surface area contributed by atoms with Crippen LogP contribution in [0.2, 0.25) is 0 Å². The summed E-state index contributed by atoms with van der Waals surface area (Å²) in [5, 5.41) is 17.1. The molecule has 8 heteroatoms. The van der Waals surface area contributed by atoms with E-state index in [4.69, 9.17) is 19.6 Å². The minimum Gasteiger partial charge on any atom is -0.493 e. The van der Waals surface area contributed by atoms with Gasteiger partial charge in [-0.1, -0.05) is 12.1 Å². The lowest BCUT2D eigenvalue weighted by Gasteiger charge is -2.17. The molecule has 2 fully saturated rings. The first kappa shape index (κ1) is 20.3. The third-order valence-corrected chi connectivity index (χ3v) is 6.19. The van der Waals surface area contributed by atoms with E-state index in [1.54, 1.807) is 17.7 Å². The Labute approximate surface area is 186 Å². The van der Waals surface area contributed by atoms with Gasteiger partial charge in [-0.05, 0) is 68.7 Å². The molecule has 2 saturated carbocycles. The first-order valence-electron chi connectivity index (χ1n) is 11.1. The molecule has 0 aliphatic heterocycles. The number of carbonyl (C=O) groups excluding carboxylic acids is 1. The second-order valence-corrected chi connectivity index (χ2v) is 8.46. The number of ether oxygens (including phenoxy) is 2. The van der Waals surface area contributed by atoms with Crippen LogP contribution in [-0.2, 0) is 4.74 Å². The van der Waals surface area contributed by atoms with Crippen LogP contribution in [0, 0.1) is 17.2 Å². The fraction of sp³-hybridized carbons (Fsp3) is 0.417. The molecule has 8 nitrogen and oxygen atoms in total. The van der Waals surface area contributed by atoms with E-state index in [1.807, 2.05) is 30.3 Å². The highest BCUT2D eigenvalue weighted by molar-refractivity contribution is 5.69. The van der Waals surface area contributed by atoms with Gasteiger partial charge in [-0.25, -0.2) is 14.3 Å². The van der Waals surface area contributed by atoms with Crippen LogP contribution in [0.4, 0.5) is 4.79 Å². The SMILES string of the molecule is COc1ccc(-c2cccc(C#N)c2)n2nc(C(NC(=O)OC3CCCC3)C3CC3)nc12. The Hall–Kier alpha value is -3.60. The number of methoxy groups -OCH3 is 1. The van der Waals surface area contributed by atoms with Crippen molar-refractivity contribution >= 4 is 11.7 Å². The Balaban J connectivity index is 1.50. The molecule has 1 N–H and O–H groups in total. The highest BCUT2D eigenvalue weighted by Crippen LogP contribution is 2.41. The van der Waals surface area contributed by atoms with E-state index in [0.29, 0.717) is 28.7 Å². The standard InChI is InChI=1S/C24H25N5O3/c1-31-20-12-11-19(17-6-4-5-15(13-17)14-25)29-23(20)27-22(28-29)21(16-9-10-16)26-24(30)32-18-7-2-3-8-18/h4-6,11-13,16,18,21H,2-3,7-10H2,1H3,(H,26,30). The number of fused-ring (bicyclic) bond motifs is 1. The molecule has 2 aromatic heterocycles. The van der Waals surface area contributed by atoms with Crippen molar-refractivity contribution in [3.63, 3.8) is 0 Å². The summed E-state index contributed by atoms with van der Waals surface area (Å²) in [7, 11) is 1.59. The number of pyridine rings is 1. The number of rotatable bonds is 6. The van der Waals surface area contributed by atoms with Gasteiger partial charge in [0.15, 0.2) is 17.2 Å². The molecule has 0 saturated heterocycles. The molecule has 2 aliphatic rings. The Morgan fingerprint density at radius 2 is 2.03 bits per heavy atom. The van der Waals surface area contributed by atoms with E-state index in [-0.39, 0.29) is 12.1 Å². The number of alkyl carbamates (subject to hydrolysis) is 1. The summed E-state index contributed by atoms with van der Waals surface area (Å²) in [6.45, 7) is 0. The quantitative estimate of drug-likeness (QED) is 0.621. The predicted octanol–water partition coefficient (Wildman–Crippen LogP) is 4.40. The number of nitrogens with one attached hydrogen (secondary N) is 1. The van der Waals surface area contributed by atoms with Crippen LogP contribution in [0.5, 0.6) is 5.75 Å². The van der Waals surface area contributed by atoms with Gasteiger partial charge in [0, 0.05) is 5.56 Å². The third kappa shape index (κ3) is 3.98. The van der Waals surface area contributed by atoms with Crippen molar-refractivity contribution in [1.29, 1.82) is 5.26 Å². The molecule has 32 heavy (non-hydrogen) atoms. The zero-order valence-corrected chi connectivity index (χ0v) is 18.0. The Bertz CT molecular complexity index is 1190. The summed E-state index contributed by atoms with van der Waals surface area (Å²) in [6.07, 6.45) is 5.69. The van der Waals surface area contributed by atoms with Gasteiger partial charge >= 0.3 is 6.09 Å². The Morgan fingerprint density at radius 3 is 2.75 bits per heavy atom. The third-order valence-electron chi connectivity index (χ3n) is 6.19. The predicted molar refractivity (Wildman–Crippen MR) is 117 cm³/mol. The van der Waals surface area contributed by atoms with E-state index in [9.17, 15) is 10.1 Å². The van der Waals surface area contributed by atoms with Crippen molar-refractivity contribution < 1.29 is 14.3 Å². The number of nitrogens with zero attached hydrogens (tertiary/aromatic N) is 4. The maximum atomic E-state index is 12.6. The van der Waals surface area contributed by atoms with Gasteiger partial charge in [0.05, 0.1) is 30.5 Å². The molecule has 1 atom stereocenters. The van der Waals surface area contributed by atoms with E-state index in [0.717, 1.165) is 49.8 Å². The van der Waals surface area contributed by atoms with Crippen LogP contribution in [0.1, 0.15) is 56.0 Å². The van der Waals surface area contributed by atoms with E-state index in [1.165, 1.54) is 0 Å². The molecule has 1 amide bonds. The first-order chi connectivity index (χ1) is 15.7. The number of amides is 1. The molecule has 0 spiro atoms. The number of benzene rings is 1. The number of aromatic nitrogens is 3. The second kappa shape index (κ2) is 8.50. The highest BCUT2D eigenvalue weighted by atomic mass is 16.6. The minimum atomic E-state index is -0.401. The Kier molecular flexibility index (Phi) is 5.39. The lowest BCUT2D eigenvalue weighted by Crippen LogP contribution is -2.33. The summed E-state index contributed by atoms with van der Waals surface area (Å²) >= 11 is 0. The van der Waals surface area contributed by atoms with Crippen molar-refractivity contribution in [2.24, 2.45) is 5.92 Å². The van der Waals surface area contributed by atoms with E-state index in [2.05, 4.69) is 11.4 Å². The van der Waals surface area contributed by atoms with Gasteiger partial charge in [-0.2, -0.15) is 5.26 Å². The minimum absolute atomic E-state index is 0.00277. The largest absolute Gasteiger partial charge is 0.493 e. The zero-order valence-electron chi connectivity index (χ0n) is 18.0. The molecule has 0 bridgehead atoms. The maximum absolute atomic E-state index is 12.6. The van der Waals surface area contributed by atoms with Crippen LogP contribution in [0.15, 0.2) is 36.4 Å². The molecule has 2 heterocycles. The van der Waals surface area contributed by atoms with Gasteiger partial charge in [-0.15, -0.1) is 5.10 Å². The summed E-state index contributed by atoms with van der Waals surface area (Å²) in [4.78, 5) is 17.3. The number of hydrogen-bond acceptors (Lipinski definition) is 6. The van der Waals surface area contributed by atoms with E-state index >= 15 is 0 Å². The number of carbonyl (C=O) groups is 1. The molecule has 164 valence electrons. The lowest BCUT2D eigenvalue weighted by molar-refractivity contribution is 0.0964. The fourth-order valence-electron chi connectivity index (χ4n) is 4.35. The summed E-state index contributed by atoms with van der Waals surface area (Å²) in [5.41, 5.74) is 2.78. The second-order valence-electron chi connectivity index (χ2n) is 8.46. The van der Waals surface area contributed by atoms with Crippen LogP contribution in [0.3, 0.4) is 0 Å². The molecular formula is C24H25N5O3. The highest BCUT2D eigenvalue weighted by Gasteiger charge is 2.37. The van der Waals surface area contributed by atoms with Crippen molar-refractivity contribution in [2.45, 2.75) is 50.7 Å². The van der Waals surface area contributed by atoms with Gasteiger partial charge in [0.1, 0.15) is 6.10 Å². The van der Waals surface area contributed by atoms with Crippen molar-refractivity contribution in [3.05, 3.63) is 47.8 Å². The molecule has 2 aliphatic carbocycles. The summed E-state index contributed by atoms with van der Waals surface area (Å²) in [5.74, 6) is 1.42. The smallest absolute Gasteiger partial charge is 0.408 e. The molecule has 5 rings (SSSR count). The van der Waals surface area contributed by atoms with Crippen LogP contribution in [-0.4, -0.2) is 33.9 Å². The normalized spacial score (nSPS) is 17.1. The van der Waals surface area contributed by atoms with Gasteiger partial charge in [0.2, 0.25) is 0 Å². The monoisotopic (exact) mass is 431 g/mol. The van der Waals surface area contributed by atoms with Crippen molar-refractivity contribution in [1.82, 2.24) is 19.9 Å². The van der Waals surface area contributed by atoms with Crippen molar-refractivity contribution in [2.75, 3.05) is 7.11 Å². The molecular weight excluding hydrogens is 406 g/mol. The zero-order chi connectivity index (χ0) is 22.1. The van der Waals surface area contributed by atoms with Crippen LogP contribution >= 0.6 is 0 Å². The van der Waals surface area contributed by atoms with Gasteiger partial charge in [0.25, 0.3) is 0 Å². The molecule has 1 unspecified atom stereocenters. The fourth-order valence-corrected chi connectivity index (χ4v) is 4.35. The molecule has 0 radical (unpaired) electrons. The lowest BCUT2D eigenvalue weighted by atomic mass is 10.1. The summed E-state index contributed by atoms with van der Waals surface area (Å²) < 4.78 is 12.9. The first-order valence-corrected chi connectivity index (χ1v) is 11.1. The van der Waals surface area contributed by atoms with Gasteiger partial charge < -0.3 is 14.8 Å². The van der Waals surface area contributed by atoms with Crippen LogP contribution in [0.25, 0.3) is 16.9 Å². The van der Waals surface area contributed by atoms with Gasteiger partial charge in [-0.3, -0.25) is 0 Å². The molecule has 3 aromatic rings. The van der Waals surface area contributed by atoms with E-state index < -0.39 is 6.09 Å². The number of nitriles is 1. The van der Waals surface area contributed by atoms with Crippen LogP contribution < -0.4 is 10.1 Å². The maximum Gasteiger partial charge on any atom is 0.408 e. The Morgan fingerprint density at radius 1 is 1.22 bits per heavy atom. The average molecular weight is 431 g/mol. The van der Waals surface area contributed by atoms with Crippen molar-refractivity contribution in [3.8, 4) is 23.1 Å². The average Bonchev–Trinajstić information content (AvgIpc) is 3.34. The number of hydrogen-bond donors (Lipinski definition) is 1. The topological polar surface area (TPSA) is 102 Å². The summed E-state index contributed by atoms with van der Waals surface area (Å²) in [6, 6.07) is 13.0.